The Balaban J connectivity index is 3.24. The van der Waals surface area contributed by atoms with Crippen molar-refractivity contribution in [1.29, 1.82) is 0 Å². The Morgan fingerprint density at radius 2 is 1.67 bits per heavy atom. The number of nitrogens with zero attached hydrogens (tertiary/aromatic N) is 1. The van der Waals surface area contributed by atoms with E-state index in [2.05, 4.69) is 10.1 Å². The lowest BCUT2D eigenvalue weighted by atomic mass is 9.88. The molecule has 0 aliphatic rings. The summed E-state index contributed by atoms with van der Waals surface area (Å²) < 4.78 is 9.47. The number of amides is 1. The third-order valence-corrected chi connectivity index (χ3v) is 3.91. The largest absolute Gasteiger partial charge is 0.469 e. The van der Waals surface area contributed by atoms with E-state index < -0.39 is 28.8 Å². The molecule has 1 aromatic rings. The lowest BCUT2D eigenvalue weighted by Crippen LogP contribution is -2.46. The zero-order chi connectivity index (χ0) is 20.6. The van der Waals surface area contributed by atoms with E-state index in [1.165, 1.54) is 38.5 Å². The van der Waals surface area contributed by atoms with Crippen LogP contribution in [0.5, 0.6) is 0 Å². The predicted molar refractivity (Wildman–Crippen MR) is 95.9 cm³/mol. The first kappa shape index (κ1) is 22.1. The van der Waals surface area contributed by atoms with Gasteiger partial charge in [-0.15, -0.1) is 0 Å². The molecule has 0 aliphatic heterocycles. The zero-order valence-electron chi connectivity index (χ0n) is 15.8. The third kappa shape index (κ3) is 6.69. The number of benzene rings is 1. The normalized spacial score (nSPS) is 12.8. The molecule has 9 heteroatoms. The molecule has 0 saturated heterocycles. The van der Waals surface area contributed by atoms with E-state index in [-0.39, 0.29) is 30.4 Å². The minimum Gasteiger partial charge on any atom is -0.469 e. The van der Waals surface area contributed by atoms with E-state index in [4.69, 9.17) is 4.74 Å². The van der Waals surface area contributed by atoms with Crippen molar-refractivity contribution in [2.75, 3.05) is 14.2 Å². The number of rotatable bonds is 9. The Kier molecular flexibility index (Phi) is 8.37. The Labute approximate surface area is 157 Å². The summed E-state index contributed by atoms with van der Waals surface area (Å²) in [6.07, 6.45) is -0.0191. The third-order valence-electron chi connectivity index (χ3n) is 3.91. The molecule has 1 N–H and O–H groups in total. The molecule has 0 aliphatic carbocycles. The number of nitrogens with one attached hydrogen (secondary N) is 1. The first-order valence-corrected chi connectivity index (χ1v) is 8.37. The van der Waals surface area contributed by atoms with E-state index in [0.29, 0.717) is 5.56 Å². The second kappa shape index (κ2) is 10.2. The second-order valence-corrected chi connectivity index (χ2v) is 6.40. The summed E-state index contributed by atoms with van der Waals surface area (Å²) in [6, 6.07) is 4.28. The number of nitro benzene ring substituents is 1. The highest BCUT2D eigenvalue weighted by Crippen LogP contribution is 2.27. The van der Waals surface area contributed by atoms with Crippen molar-refractivity contribution in [1.82, 2.24) is 5.32 Å². The van der Waals surface area contributed by atoms with Crippen molar-refractivity contribution in [3.63, 3.8) is 0 Å². The summed E-state index contributed by atoms with van der Waals surface area (Å²) >= 11 is 0. The average molecular weight is 380 g/mol. The van der Waals surface area contributed by atoms with Gasteiger partial charge in [0.25, 0.3) is 5.69 Å². The highest BCUT2D eigenvalue weighted by Gasteiger charge is 2.34. The molecule has 0 saturated carbocycles. The molecule has 0 unspecified atom stereocenters. The Morgan fingerprint density at radius 1 is 1.07 bits per heavy atom. The van der Waals surface area contributed by atoms with Crippen LogP contribution in [0.15, 0.2) is 24.3 Å². The summed E-state index contributed by atoms with van der Waals surface area (Å²) in [6.45, 7) is 3.71. The van der Waals surface area contributed by atoms with Gasteiger partial charge in [0.05, 0.1) is 25.6 Å². The standard InChI is InChI=1S/C18H24N2O7/c1-11(2)9-15(21)19-17(18(23)27-4)14(10-16(22)26-3)12-5-7-13(8-6-12)20(24)25/h5-8,11,14,17H,9-10H2,1-4H3,(H,19,21)/t14-,17-/m1/s1. The fraction of sp³-hybridized carbons (Fsp3) is 0.500. The lowest BCUT2D eigenvalue weighted by molar-refractivity contribution is -0.384. The molecule has 0 aromatic heterocycles. The molecule has 0 fully saturated rings. The Morgan fingerprint density at radius 3 is 2.11 bits per heavy atom. The highest BCUT2D eigenvalue weighted by atomic mass is 16.6. The van der Waals surface area contributed by atoms with Crippen molar-refractivity contribution < 1.29 is 28.8 Å². The number of methoxy groups -OCH3 is 2. The van der Waals surface area contributed by atoms with Crippen LogP contribution in [0.3, 0.4) is 0 Å². The van der Waals surface area contributed by atoms with Crippen molar-refractivity contribution >= 4 is 23.5 Å². The van der Waals surface area contributed by atoms with Gasteiger partial charge in [0, 0.05) is 24.5 Å². The van der Waals surface area contributed by atoms with Gasteiger partial charge in [-0.2, -0.15) is 0 Å². The first-order valence-electron chi connectivity index (χ1n) is 8.37. The topological polar surface area (TPSA) is 125 Å². The molecule has 148 valence electrons. The van der Waals surface area contributed by atoms with Gasteiger partial charge in [-0.05, 0) is 11.5 Å². The number of carbonyl (C=O) groups is 3. The maximum atomic E-state index is 12.3. The SMILES string of the molecule is COC(=O)C[C@H](c1ccc([N+](=O)[O-])cc1)[C@@H](NC(=O)CC(C)C)C(=O)OC. The van der Waals surface area contributed by atoms with Gasteiger partial charge in [-0.1, -0.05) is 26.0 Å². The molecule has 1 amide bonds. The molecule has 9 nitrogen and oxygen atoms in total. The molecule has 0 radical (unpaired) electrons. The number of esters is 2. The Bertz CT molecular complexity index is 685. The maximum absolute atomic E-state index is 12.3. The van der Waals surface area contributed by atoms with Crippen LogP contribution in [0, 0.1) is 16.0 Å². The molecule has 27 heavy (non-hydrogen) atoms. The monoisotopic (exact) mass is 380 g/mol. The average Bonchev–Trinajstić information content (AvgIpc) is 2.63. The van der Waals surface area contributed by atoms with Gasteiger partial charge < -0.3 is 14.8 Å². The molecule has 0 bridgehead atoms. The van der Waals surface area contributed by atoms with E-state index in [9.17, 15) is 24.5 Å². The van der Waals surface area contributed by atoms with E-state index in [0.717, 1.165) is 0 Å². The first-order chi connectivity index (χ1) is 12.7. The number of carbonyl (C=O) groups excluding carboxylic acids is 3. The van der Waals surface area contributed by atoms with Crippen LogP contribution < -0.4 is 5.32 Å². The zero-order valence-corrected chi connectivity index (χ0v) is 15.8. The van der Waals surface area contributed by atoms with Gasteiger partial charge in [0.1, 0.15) is 6.04 Å². The lowest BCUT2D eigenvalue weighted by Gasteiger charge is -2.26. The van der Waals surface area contributed by atoms with Crippen LogP contribution in [0.25, 0.3) is 0 Å². The number of ether oxygens (including phenoxy) is 2. The number of non-ortho nitro benzene ring substituents is 1. The Hall–Kier alpha value is -2.97. The minimum atomic E-state index is -1.14. The van der Waals surface area contributed by atoms with Crippen molar-refractivity contribution in [2.24, 2.45) is 5.92 Å². The van der Waals surface area contributed by atoms with E-state index in [1.807, 2.05) is 13.8 Å². The van der Waals surface area contributed by atoms with Gasteiger partial charge in [0.15, 0.2) is 0 Å². The van der Waals surface area contributed by atoms with Crippen LogP contribution in [0.2, 0.25) is 0 Å². The number of hydrogen-bond acceptors (Lipinski definition) is 7. The molecule has 2 atom stereocenters. The number of hydrogen-bond donors (Lipinski definition) is 1. The van der Waals surface area contributed by atoms with Crippen molar-refractivity contribution in [2.45, 2.75) is 38.6 Å². The van der Waals surface area contributed by atoms with Crippen LogP contribution in [0.1, 0.15) is 38.2 Å². The predicted octanol–water partition coefficient (Wildman–Crippen LogP) is 1.95. The fourth-order valence-electron chi connectivity index (χ4n) is 2.59. The van der Waals surface area contributed by atoms with Crippen LogP contribution in [-0.4, -0.2) is 43.0 Å². The van der Waals surface area contributed by atoms with Gasteiger partial charge >= 0.3 is 11.9 Å². The van der Waals surface area contributed by atoms with Crippen LogP contribution in [-0.2, 0) is 23.9 Å². The van der Waals surface area contributed by atoms with Crippen LogP contribution in [0.4, 0.5) is 5.69 Å². The summed E-state index contributed by atoms with van der Waals surface area (Å²) in [7, 11) is 2.38. The van der Waals surface area contributed by atoms with E-state index >= 15 is 0 Å². The molecular weight excluding hydrogens is 356 g/mol. The number of nitro groups is 1. The fourth-order valence-corrected chi connectivity index (χ4v) is 2.59. The van der Waals surface area contributed by atoms with Crippen molar-refractivity contribution in [3.05, 3.63) is 39.9 Å². The highest BCUT2D eigenvalue weighted by molar-refractivity contribution is 5.86. The molecule has 0 heterocycles. The van der Waals surface area contributed by atoms with Gasteiger partial charge in [-0.25, -0.2) is 4.79 Å². The summed E-state index contributed by atoms with van der Waals surface area (Å²) in [5.74, 6) is -2.41. The van der Waals surface area contributed by atoms with Gasteiger partial charge in [0.2, 0.25) is 5.91 Å². The van der Waals surface area contributed by atoms with E-state index in [1.54, 1.807) is 0 Å². The quantitative estimate of drug-likeness (QED) is 0.394. The summed E-state index contributed by atoms with van der Waals surface area (Å²) in [4.78, 5) is 46.6. The molecular formula is C18H24N2O7. The van der Waals surface area contributed by atoms with Gasteiger partial charge in [-0.3, -0.25) is 19.7 Å². The minimum absolute atomic E-state index is 0.0710. The molecule has 1 rings (SSSR count). The second-order valence-electron chi connectivity index (χ2n) is 6.40. The van der Waals surface area contributed by atoms with Crippen molar-refractivity contribution in [3.8, 4) is 0 Å². The smallest absolute Gasteiger partial charge is 0.329 e. The summed E-state index contributed by atoms with van der Waals surface area (Å²) in [5.41, 5.74) is 0.334. The maximum Gasteiger partial charge on any atom is 0.329 e. The summed E-state index contributed by atoms with van der Waals surface area (Å²) in [5, 5.41) is 13.5. The molecule has 1 aromatic carbocycles. The molecule has 0 spiro atoms. The van der Waals surface area contributed by atoms with Crippen LogP contribution >= 0.6 is 0 Å².